The second kappa shape index (κ2) is 6.10. The Bertz CT molecular complexity index is 581. The van der Waals surface area contributed by atoms with Gasteiger partial charge in [-0.05, 0) is 67.8 Å². The first-order chi connectivity index (χ1) is 9.58. The van der Waals surface area contributed by atoms with Crippen LogP contribution in [0.5, 0.6) is 5.75 Å². The summed E-state index contributed by atoms with van der Waals surface area (Å²) in [5.41, 5.74) is 6.20. The normalized spacial score (nSPS) is 12.2. The summed E-state index contributed by atoms with van der Waals surface area (Å²) in [5.74, 6) is 0.980. The smallest absolute Gasteiger partial charge is 0.124 e. The summed E-state index contributed by atoms with van der Waals surface area (Å²) in [6.07, 6.45) is 0. The molecule has 0 radical (unpaired) electrons. The molecule has 0 amide bonds. The third kappa shape index (κ3) is 2.70. The van der Waals surface area contributed by atoms with Crippen LogP contribution < -0.4 is 10.1 Å². The SMILES string of the molecule is CNC(C)c1ccccc1-c1cc(C)c(OC)c(C)c1. The summed E-state index contributed by atoms with van der Waals surface area (Å²) < 4.78 is 5.45. The van der Waals surface area contributed by atoms with Crippen molar-refractivity contribution in [3.8, 4) is 16.9 Å². The zero-order chi connectivity index (χ0) is 14.7. The van der Waals surface area contributed by atoms with E-state index in [2.05, 4.69) is 62.5 Å². The van der Waals surface area contributed by atoms with Crippen LogP contribution in [0.4, 0.5) is 0 Å². The number of aryl methyl sites for hydroxylation is 2. The Morgan fingerprint density at radius 3 is 2.20 bits per heavy atom. The standard InChI is InChI=1S/C18H23NO/c1-12-10-15(11-13(2)18(12)20-5)17-9-7-6-8-16(17)14(3)19-4/h6-11,14,19H,1-5H3. The summed E-state index contributed by atoms with van der Waals surface area (Å²) in [7, 11) is 3.72. The topological polar surface area (TPSA) is 21.3 Å². The minimum Gasteiger partial charge on any atom is -0.496 e. The van der Waals surface area contributed by atoms with E-state index in [1.54, 1.807) is 7.11 Å². The zero-order valence-corrected chi connectivity index (χ0v) is 12.9. The van der Waals surface area contributed by atoms with Gasteiger partial charge in [0.2, 0.25) is 0 Å². The average Bonchev–Trinajstić information content (AvgIpc) is 2.46. The molecule has 106 valence electrons. The molecule has 0 aliphatic rings. The van der Waals surface area contributed by atoms with Gasteiger partial charge in [0.25, 0.3) is 0 Å². The molecular weight excluding hydrogens is 246 g/mol. The highest BCUT2D eigenvalue weighted by molar-refractivity contribution is 5.71. The average molecular weight is 269 g/mol. The number of hydrogen-bond acceptors (Lipinski definition) is 2. The van der Waals surface area contributed by atoms with Gasteiger partial charge in [-0.1, -0.05) is 24.3 Å². The number of methoxy groups -OCH3 is 1. The Morgan fingerprint density at radius 1 is 1.05 bits per heavy atom. The molecule has 1 unspecified atom stereocenters. The number of hydrogen-bond donors (Lipinski definition) is 1. The Morgan fingerprint density at radius 2 is 1.65 bits per heavy atom. The lowest BCUT2D eigenvalue weighted by atomic mass is 9.93. The van der Waals surface area contributed by atoms with Crippen LogP contribution in [-0.4, -0.2) is 14.2 Å². The predicted molar refractivity (Wildman–Crippen MR) is 85.4 cm³/mol. The van der Waals surface area contributed by atoms with E-state index >= 15 is 0 Å². The fourth-order valence-corrected chi connectivity index (χ4v) is 2.72. The highest BCUT2D eigenvalue weighted by Crippen LogP contribution is 2.33. The van der Waals surface area contributed by atoms with Crippen molar-refractivity contribution in [1.82, 2.24) is 5.32 Å². The van der Waals surface area contributed by atoms with Gasteiger partial charge in [-0.25, -0.2) is 0 Å². The van der Waals surface area contributed by atoms with Crippen LogP contribution in [0, 0.1) is 13.8 Å². The van der Waals surface area contributed by atoms with Crippen molar-refractivity contribution in [3.63, 3.8) is 0 Å². The maximum atomic E-state index is 5.45. The number of ether oxygens (including phenoxy) is 1. The fourth-order valence-electron chi connectivity index (χ4n) is 2.72. The van der Waals surface area contributed by atoms with Crippen molar-refractivity contribution < 1.29 is 4.74 Å². The third-order valence-electron chi connectivity index (χ3n) is 3.84. The number of benzene rings is 2. The molecule has 0 aromatic heterocycles. The van der Waals surface area contributed by atoms with Gasteiger partial charge in [-0.2, -0.15) is 0 Å². The first-order valence-electron chi connectivity index (χ1n) is 7.00. The maximum Gasteiger partial charge on any atom is 0.124 e. The lowest BCUT2D eigenvalue weighted by Gasteiger charge is -2.18. The molecule has 0 fully saturated rings. The van der Waals surface area contributed by atoms with Crippen molar-refractivity contribution in [2.75, 3.05) is 14.2 Å². The van der Waals surface area contributed by atoms with Gasteiger partial charge >= 0.3 is 0 Å². The fraction of sp³-hybridized carbons (Fsp3) is 0.333. The molecule has 2 nitrogen and oxygen atoms in total. The highest BCUT2D eigenvalue weighted by Gasteiger charge is 2.12. The Hall–Kier alpha value is -1.80. The number of nitrogens with one attached hydrogen (secondary N) is 1. The van der Waals surface area contributed by atoms with E-state index in [-0.39, 0.29) is 0 Å². The van der Waals surface area contributed by atoms with Crippen molar-refractivity contribution >= 4 is 0 Å². The van der Waals surface area contributed by atoms with Gasteiger partial charge in [0.1, 0.15) is 5.75 Å². The van der Waals surface area contributed by atoms with Crippen LogP contribution in [0.25, 0.3) is 11.1 Å². The first kappa shape index (κ1) is 14.6. The molecule has 0 aliphatic heterocycles. The second-order valence-electron chi connectivity index (χ2n) is 5.24. The maximum absolute atomic E-state index is 5.45. The van der Waals surface area contributed by atoms with E-state index in [4.69, 9.17) is 4.74 Å². The van der Waals surface area contributed by atoms with Gasteiger partial charge in [0.15, 0.2) is 0 Å². The molecule has 1 N–H and O–H groups in total. The lowest BCUT2D eigenvalue weighted by Crippen LogP contribution is -2.13. The summed E-state index contributed by atoms with van der Waals surface area (Å²) in [4.78, 5) is 0. The molecule has 20 heavy (non-hydrogen) atoms. The van der Waals surface area contributed by atoms with Crippen LogP contribution in [0.3, 0.4) is 0 Å². The van der Waals surface area contributed by atoms with Crippen LogP contribution in [0.2, 0.25) is 0 Å². The molecule has 1 atom stereocenters. The molecule has 0 spiro atoms. The van der Waals surface area contributed by atoms with Crippen LogP contribution in [0.1, 0.15) is 29.7 Å². The molecule has 2 heteroatoms. The molecule has 0 saturated heterocycles. The molecular formula is C18H23NO. The quantitative estimate of drug-likeness (QED) is 0.895. The van der Waals surface area contributed by atoms with E-state index < -0.39 is 0 Å². The van der Waals surface area contributed by atoms with E-state index in [1.807, 2.05) is 7.05 Å². The van der Waals surface area contributed by atoms with Gasteiger partial charge in [-0.3, -0.25) is 0 Å². The molecule has 2 aromatic rings. The molecule has 2 aromatic carbocycles. The van der Waals surface area contributed by atoms with Crippen molar-refractivity contribution in [2.24, 2.45) is 0 Å². The van der Waals surface area contributed by atoms with Crippen LogP contribution >= 0.6 is 0 Å². The Balaban J connectivity index is 2.58. The minimum absolute atomic E-state index is 0.328. The van der Waals surface area contributed by atoms with Crippen molar-refractivity contribution in [1.29, 1.82) is 0 Å². The second-order valence-corrected chi connectivity index (χ2v) is 5.24. The van der Waals surface area contributed by atoms with E-state index in [9.17, 15) is 0 Å². The van der Waals surface area contributed by atoms with Gasteiger partial charge in [0.05, 0.1) is 7.11 Å². The highest BCUT2D eigenvalue weighted by atomic mass is 16.5. The third-order valence-corrected chi connectivity index (χ3v) is 3.84. The molecule has 0 bridgehead atoms. The molecule has 0 saturated carbocycles. The molecule has 0 heterocycles. The summed E-state index contributed by atoms with van der Waals surface area (Å²) in [6.45, 7) is 6.38. The van der Waals surface area contributed by atoms with Crippen molar-refractivity contribution in [3.05, 3.63) is 53.1 Å². The van der Waals surface area contributed by atoms with Gasteiger partial charge in [-0.15, -0.1) is 0 Å². The van der Waals surface area contributed by atoms with Crippen LogP contribution in [0.15, 0.2) is 36.4 Å². The van der Waals surface area contributed by atoms with Gasteiger partial charge in [0, 0.05) is 6.04 Å². The van der Waals surface area contributed by atoms with Crippen molar-refractivity contribution in [2.45, 2.75) is 26.8 Å². The zero-order valence-electron chi connectivity index (χ0n) is 12.9. The summed E-state index contributed by atoms with van der Waals surface area (Å²) >= 11 is 0. The Kier molecular flexibility index (Phi) is 4.46. The minimum atomic E-state index is 0.328. The lowest BCUT2D eigenvalue weighted by molar-refractivity contribution is 0.408. The number of rotatable bonds is 4. The Labute approximate surface area is 121 Å². The van der Waals surface area contributed by atoms with E-state index in [0.29, 0.717) is 6.04 Å². The largest absolute Gasteiger partial charge is 0.496 e. The summed E-state index contributed by atoms with van der Waals surface area (Å²) in [5, 5.41) is 3.32. The van der Waals surface area contributed by atoms with E-state index in [0.717, 1.165) is 5.75 Å². The molecule has 2 rings (SSSR count). The predicted octanol–water partition coefficient (Wildman–Crippen LogP) is 4.26. The van der Waals surface area contributed by atoms with E-state index in [1.165, 1.54) is 27.8 Å². The molecule has 0 aliphatic carbocycles. The monoisotopic (exact) mass is 269 g/mol. The van der Waals surface area contributed by atoms with Gasteiger partial charge < -0.3 is 10.1 Å². The summed E-state index contributed by atoms with van der Waals surface area (Å²) in [6, 6.07) is 13.3. The first-order valence-corrected chi connectivity index (χ1v) is 7.00. The van der Waals surface area contributed by atoms with Crippen LogP contribution in [-0.2, 0) is 0 Å².